The third-order valence-electron chi connectivity index (χ3n) is 1.46. The average Bonchev–Trinajstić information content (AvgIpc) is 2.07. The highest BCUT2D eigenvalue weighted by Crippen LogP contribution is 2.24. The molecule has 0 aromatic carbocycles. The fourth-order valence-corrected chi connectivity index (χ4v) is 1.05. The molecule has 1 atom stereocenters. The average molecular weight is 159 g/mol. The number of rotatable bonds is 2. The van der Waals surface area contributed by atoms with Crippen molar-refractivity contribution in [2.24, 2.45) is 5.73 Å². The molecule has 2 N–H and O–H groups in total. The van der Waals surface area contributed by atoms with Gasteiger partial charge in [-0.3, -0.25) is 0 Å². The van der Waals surface area contributed by atoms with E-state index in [-0.39, 0.29) is 5.97 Å². The van der Waals surface area contributed by atoms with Gasteiger partial charge in [0.25, 0.3) is 0 Å². The number of carbonyl (C=O) groups excluding carboxylic acids is 1. The summed E-state index contributed by atoms with van der Waals surface area (Å²) in [5, 5.41) is 0. The number of carbonyl (C=O) groups is 1. The summed E-state index contributed by atoms with van der Waals surface area (Å²) in [6, 6.07) is 0. The van der Waals surface area contributed by atoms with E-state index < -0.39 is 11.9 Å². The van der Waals surface area contributed by atoms with Crippen LogP contribution in [0, 0.1) is 0 Å². The van der Waals surface area contributed by atoms with Crippen LogP contribution in [0.1, 0.15) is 20.3 Å². The smallest absolute Gasteiger partial charge is 0.337 e. The zero-order valence-corrected chi connectivity index (χ0v) is 6.79. The maximum atomic E-state index is 11.0. The van der Waals surface area contributed by atoms with Gasteiger partial charge >= 0.3 is 5.97 Å². The van der Waals surface area contributed by atoms with Gasteiger partial charge in [0, 0.05) is 13.8 Å². The van der Waals surface area contributed by atoms with E-state index in [1.807, 2.05) is 0 Å². The fraction of sp³-hybridized carbons (Fsp3) is 0.857. The lowest BCUT2D eigenvalue weighted by molar-refractivity contribution is -0.160. The van der Waals surface area contributed by atoms with Crippen molar-refractivity contribution in [1.82, 2.24) is 0 Å². The first-order chi connectivity index (χ1) is 5.05. The molecular weight excluding hydrogens is 146 g/mol. The molecule has 0 aromatic heterocycles. The molecule has 0 spiro atoms. The highest BCUT2D eigenvalue weighted by atomic mass is 16.8. The topological polar surface area (TPSA) is 61.5 Å². The van der Waals surface area contributed by atoms with Crippen molar-refractivity contribution in [2.45, 2.75) is 32.2 Å². The number of hydrogen-bond acceptors (Lipinski definition) is 4. The Morgan fingerprint density at radius 3 is 2.64 bits per heavy atom. The molecule has 11 heavy (non-hydrogen) atoms. The van der Waals surface area contributed by atoms with Crippen molar-refractivity contribution >= 4 is 5.97 Å². The SMILES string of the molecule is CC1(C)OC(=O)C(CCN)O1. The monoisotopic (exact) mass is 159 g/mol. The molecular formula is C7H13NO3. The quantitative estimate of drug-likeness (QED) is 0.577. The van der Waals surface area contributed by atoms with Crippen LogP contribution in [0.2, 0.25) is 0 Å². The summed E-state index contributed by atoms with van der Waals surface area (Å²) in [5.74, 6) is -1.07. The lowest BCUT2D eigenvalue weighted by atomic mass is 10.2. The van der Waals surface area contributed by atoms with Gasteiger partial charge in [-0.25, -0.2) is 4.79 Å². The molecule has 0 aliphatic carbocycles. The minimum Gasteiger partial charge on any atom is -0.432 e. The maximum absolute atomic E-state index is 11.0. The van der Waals surface area contributed by atoms with E-state index >= 15 is 0 Å². The molecule has 0 radical (unpaired) electrons. The van der Waals surface area contributed by atoms with E-state index in [0.717, 1.165) is 0 Å². The summed E-state index contributed by atoms with van der Waals surface area (Å²) in [5.41, 5.74) is 5.27. The van der Waals surface area contributed by atoms with Gasteiger partial charge in [0.15, 0.2) is 6.10 Å². The first kappa shape index (κ1) is 8.49. The second-order valence-electron chi connectivity index (χ2n) is 3.00. The molecule has 64 valence electrons. The molecule has 1 fully saturated rings. The molecule has 0 saturated carbocycles. The van der Waals surface area contributed by atoms with Crippen LogP contribution >= 0.6 is 0 Å². The number of ether oxygens (including phenoxy) is 2. The van der Waals surface area contributed by atoms with E-state index in [1.54, 1.807) is 13.8 Å². The van der Waals surface area contributed by atoms with Crippen LogP contribution in [-0.4, -0.2) is 24.4 Å². The van der Waals surface area contributed by atoms with Gasteiger partial charge in [0.1, 0.15) is 0 Å². The van der Waals surface area contributed by atoms with Gasteiger partial charge in [-0.2, -0.15) is 0 Å². The Morgan fingerprint density at radius 2 is 2.27 bits per heavy atom. The summed E-state index contributed by atoms with van der Waals surface area (Å²) in [7, 11) is 0. The van der Waals surface area contributed by atoms with E-state index in [1.165, 1.54) is 0 Å². The Bertz CT molecular complexity index is 167. The van der Waals surface area contributed by atoms with Crippen molar-refractivity contribution in [3.05, 3.63) is 0 Å². The summed E-state index contributed by atoms with van der Waals surface area (Å²) >= 11 is 0. The minimum absolute atomic E-state index is 0.305. The zero-order valence-electron chi connectivity index (χ0n) is 6.79. The molecule has 0 amide bonds. The van der Waals surface area contributed by atoms with Gasteiger partial charge in [0.2, 0.25) is 5.79 Å². The largest absolute Gasteiger partial charge is 0.432 e. The predicted octanol–water partition coefficient (Wildman–Crippen LogP) is 0.0133. The Balaban J connectivity index is 2.52. The van der Waals surface area contributed by atoms with E-state index in [0.29, 0.717) is 13.0 Å². The predicted molar refractivity (Wildman–Crippen MR) is 38.7 cm³/mol. The Hall–Kier alpha value is -0.610. The third-order valence-corrected chi connectivity index (χ3v) is 1.46. The van der Waals surface area contributed by atoms with Gasteiger partial charge < -0.3 is 15.2 Å². The van der Waals surface area contributed by atoms with E-state index in [2.05, 4.69) is 0 Å². The van der Waals surface area contributed by atoms with Gasteiger partial charge in [-0.15, -0.1) is 0 Å². The number of esters is 1. The lowest BCUT2D eigenvalue weighted by Crippen LogP contribution is -2.23. The van der Waals surface area contributed by atoms with Crippen molar-refractivity contribution < 1.29 is 14.3 Å². The highest BCUT2D eigenvalue weighted by Gasteiger charge is 2.40. The molecule has 1 heterocycles. The summed E-state index contributed by atoms with van der Waals surface area (Å²) in [6.07, 6.45) is 0.0671. The number of hydrogen-bond donors (Lipinski definition) is 1. The van der Waals surface area contributed by atoms with Crippen molar-refractivity contribution in [3.63, 3.8) is 0 Å². The van der Waals surface area contributed by atoms with E-state index in [9.17, 15) is 4.79 Å². The van der Waals surface area contributed by atoms with Crippen LogP contribution in [0.4, 0.5) is 0 Å². The maximum Gasteiger partial charge on any atom is 0.337 e. The van der Waals surface area contributed by atoms with Crippen molar-refractivity contribution in [2.75, 3.05) is 6.54 Å². The first-order valence-corrected chi connectivity index (χ1v) is 3.66. The molecule has 1 aliphatic rings. The highest BCUT2D eigenvalue weighted by molar-refractivity contribution is 5.76. The third kappa shape index (κ3) is 1.91. The first-order valence-electron chi connectivity index (χ1n) is 3.66. The number of cyclic esters (lactones) is 1. The zero-order chi connectivity index (χ0) is 8.48. The van der Waals surface area contributed by atoms with Crippen LogP contribution < -0.4 is 5.73 Å². The lowest BCUT2D eigenvalue weighted by Gasteiger charge is -2.14. The molecule has 1 unspecified atom stereocenters. The standard InChI is InChI=1S/C7H13NO3/c1-7(2)10-5(3-4-8)6(9)11-7/h5H,3-4,8H2,1-2H3. The molecule has 4 heteroatoms. The summed E-state index contributed by atoms with van der Waals surface area (Å²) in [4.78, 5) is 11.0. The van der Waals surface area contributed by atoms with Crippen LogP contribution in [0.15, 0.2) is 0 Å². The van der Waals surface area contributed by atoms with Crippen molar-refractivity contribution in [3.8, 4) is 0 Å². The number of nitrogens with two attached hydrogens (primary N) is 1. The molecule has 0 aromatic rings. The van der Waals surface area contributed by atoms with Crippen LogP contribution in [0.3, 0.4) is 0 Å². The fourth-order valence-electron chi connectivity index (χ4n) is 1.05. The minimum atomic E-state index is -0.767. The molecule has 0 bridgehead atoms. The van der Waals surface area contributed by atoms with Crippen LogP contribution in [0.25, 0.3) is 0 Å². The Morgan fingerprint density at radius 1 is 1.64 bits per heavy atom. The second-order valence-corrected chi connectivity index (χ2v) is 3.00. The molecule has 1 aliphatic heterocycles. The Kier molecular flexibility index (Phi) is 2.15. The van der Waals surface area contributed by atoms with Crippen molar-refractivity contribution in [1.29, 1.82) is 0 Å². The molecule has 4 nitrogen and oxygen atoms in total. The van der Waals surface area contributed by atoms with Crippen LogP contribution in [0.5, 0.6) is 0 Å². The van der Waals surface area contributed by atoms with Gasteiger partial charge in [-0.05, 0) is 13.0 Å². The normalized spacial score (nSPS) is 28.6. The van der Waals surface area contributed by atoms with Gasteiger partial charge in [-0.1, -0.05) is 0 Å². The Labute approximate surface area is 65.7 Å². The summed E-state index contributed by atoms with van der Waals surface area (Å²) < 4.78 is 10.1. The summed E-state index contributed by atoms with van der Waals surface area (Å²) in [6.45, 7) is 3.86. The van der Waals surface area contributed by atoms with Gasteiger partial charge in [0.05, 0.1) is 0 Å². The molecule has 1 saturated heterocycles. The van der Waals surface area contributed by atoms with E-state index in [4.69, 9.17) is 15.2 Å². The molecule has 1 rings (SSSR count). The van der Waals surface area contributed by atoms with Crippen LogP contribution in [-0.2, 0) is 14.3 Å². The second kappa shape index (κ2) is 2.79.